The average Bonchev–Trinajstić information content (AvgIpc) is 2.79. The van der Waals surface area contributed by atoms with Gasteiger partial charge in [-0.15, -0.1) is 0 Å². The summed E-state index contributed by atoms with van der Waals surface area (Å²) in [5.74, 6) is -1.07. The minimum absolute atomic E-state index is 0.115. The van der Waals surface area contributed by atoms with E-state index in [0.717, 1.165) is 0 Å². The van der Waals surface area contributed by atoms with Crippen LogP contribution in [-0.2, 0) is 9.59 Å². The molecule has 0 heterocycles. The minimum atomic E-state index is -0.558. The zero-order valence-corrected chi connectivity index (χ0v) is 16.3. The molecule has 6 nitrogen and oxygen atoms in total. The van der Waals surface area contributed by atoms with Crippen molar-refractivity contribution < 1.29 is 18.7 Å². The van der Waals surface area contributed by atoms with Crippen molar-refractivity contribution in [3.63, 3.8) is 0 Å². The minimum Gasteiger partial charge on any atom is -0.483 e. The van der Waals surface area contributed by atoms with Gasteiger partial charge in [-0.2, -0.15) is 5.26 Å². The molecule has 0 spiro atoms. The zero-order valence-electron chi connectivity index (χ0n) is 16.3. The van der Waals surface area contributed by atoms with Crippen LogP contribution in [0.5, 0.6) is 5.75 Å². The Kier molecular flexibility index (Phi) is 7.12. The summed E-state index contributed by atoms with van der Waals surface area (Å²) >= 11 is 0. The number of hydrogen-bond acceptors (Lipinski definition) is 4. The fourth-order valence-corrected chi connectivity index (χ4v) is 2.63. The van der Waals surface area contributed by atoms with Gasteiger partial charge in [-0.1, -0.05) is 36.4 Å². The van der Waals surface area contributed by atoms with Crippen LogP contribution >= 0.6 is 0 Å². The number of nitriles is 1. The molecule has 0 aliphatic rings. The molecular weight excluding hydrogens is 397 g/mol. The number of anilines is 2. The standard InChI is InChI=1S/C24H18FN3O3/c25-19-10-12-21(13-11-19)27-23(29)16-31-22-9-5-4-6-17(22)14-18(15-26)24(30)28-20-7-2-1-3-8-20/h1-14H,16H2,(H,27,29)(H,28,30)/b18-14+. The third kappa shape index (κ3) is 6.27. The van der Waals surface area contributed by atoms with Gasteiger partial charge in [0.15, 0.2) is 6.61 Å². The van der Waals surface area contributed by atoms with Gasteiger partial charge in [-0.05, 0) is 48.5 Å². The molecule has 3 aromatic rings. The lowest BCUT2D eigenvalue weighted by molar-refractivity contribution is -0.118. The number of amides is 2. The molecule has 154 valence electrons. The van der Waals surface area contributed by atoms with Crippen LogP contribution in [-0.4, -0.2) is 18.4 Å². The van der Waals surface area contributed by atoms with Crippen molar-refractivity contribution in [3.8, 4) is 11.8 Å². The van der Waals surface area contributed by atoms with E-state index in [1.165, 1.54) is 30.3 Å². The number of para-hydroxylation sites is 2. The van der Waals surface area contributed by atoms with E-state index >= 15 is 0 Å². The van der Waals surface area contributed by atoms with Gasteiger partial charge in [0.05, 0.1) is 0 Å². The van der Waals surface area contributed by atoms with E-state index < -0.39 is 17.6 Å². The molecule has 0 radical (unpaired) electrons. The van der Waals surface area contributed by atoms with E-state index in [-0.39, 0.29) is 12.2 Å². The van der Waals surface area contributed by atoms with E-state index in [2.05, 4.69) is 10.6 Å². The summed E-state index contributed by atoms with van der Waals surface area (Å²) in [5.41, 5.74) is 1.36. The monoisotopic (exact) mass is 415 g/mol. The molecule has 0 aromatic heterocycles. The van der Waals surface area contributed by atoms with E-state index in [1.807, 2.05) is 12.1 Å². The molecule has 0 fully saturated rings. The van der Waals surface area contributed by atoms with Gasteiger partial charge in [0.2, 0.25) is 0 Å². The van der Waals surface area contributed by atoms with Gasteiger partial charge >= 0.3 is 0 Å². The van der Waals surface area contributed by atoms with Crippen LogP contribution in [0.4, 0.5) is 15.8 Å². The second-order valence-corrected chi connectivity index (χ2v) is 6.37. The smallest absolute Gasteiger partial charge is 0.266 e. The summed E-state index contributed by atoms with van der Waals surface area (Å²) in [5, 5.41) is 14.7. The number of carbonyl (C=O) groups excluding carboxylic acids is 2. The summed E-state index contributed by atoms with van der Waals surface area (Å²) < 4.78 is 18.5. The molecule has 2 N–H and O–H groups in total. The molecule has 3 aromatic carbocycles. The number of ether oxygens (including phenoxy) is 1. The molecule has 0 unspecified atom stereocenters. The largest absolute Gasteiger partial charge is 0.483 e. The van der Waals surface area contributed by atoms with E-state index in [9.17, 15) is 19.2 Å². The maximum atomic E-state index is 13.0. The Morgan fingerprint density at radius 1 is 0.903 bits per heavy atom. The average molecular weight is 415 g/mol. The molecule has 0 saturated carbocycles. The Balaban J connectivity index is 1.68. The quantitative estimate of drug-likeness (QED) is 0.442. The SMILES string of the molecule is N#C/C(=C\c1ccccc1OCC(=O)Nc1ccc(F)cc1)C(=O)Nc1ccccc1. The lowest BCUT2D eigenvalue weighted by atomic mass is 10.1. The first-order valence-corrected chi connectivity index (χ1v) is 9.30. The highest BCUT2D eigenvalue weighted by Crippen LogP contribution is 2.22. The van der Waals surface area contributed by atoms with Crippen LogP contribution in [0.15, 0.2) is 84.4 Å². The third-order valence-electron chi connectivity index (χ3n) is 4.10. The summed E-state index contributed by atoms with van der Waals surface area (Å²) in [6.07, 6.45) is 1.39. The molecule has 7 heteroatoms. The Hall–Kier alpha value is -4.44. The molecular formula is C24H18FN3O3. The fourth-order valence-electron chi connectivity index (χ4n) is 2.63. The second kappa shape index (κ2) is 10.4. The molecule has 0 saturated heterocycles. The van der Waals surface area contributed by atoms with Crippen molar-refractivity contribution >= 4 is 29.3 Å². The highest BCUT2D eigenvalue weighted by atomic mass is 19.1. The first kappa shape index (κ1) is 21.3. The predicted octanol–water partition coefficient (Wildman–Crippen LogP) is 4.39. The van der Waals surface area contributed by atoms with Crippen LogP contribution in [0.1, 0.15) is 5.56 Å². The summed E-state index contributed by atoms with van der Waals surface area (Å²) in [4.78, 5) is 24.5. The van der Waals surface area contributed by atoms with Crippen molar-refractivity contribution in [2.45, 2.75) is 0 Å². The maximum Gasteiger partial charge on any atom is 0.266 e. The van der Waals surface area contributed by atoms with Gasteiger partial charge < -0.3 is 15.4 Å². The first-order chi connectivity index (χ1) is 15.0. The number of nitrogens with zero attached hydrogens (tertiary/aromatic N) is 1. The fraction of sp³-hybridized carbons (Fsp3) is 0.0417. The third-order valence-corrected chi connectivity index (χ3v) is 4.10. The maximum absolute atomic E-state index is 13.0. The molecule has 0 aliphatic heterocycles. The Labute approximate surface area is 178 Å². The Morgan fingerprint density at radius 3 is 2.26 bits per heavy atom. The Bertz CT molecular complexity index is 1140. The number of carbonyl (C=O) groups is 2. The van der Waals surface area contributed by atoms with E-state index in [4.69, 9.17) is 4.74 Å². The normalized spacial score (nSPS) is 10.6. The molecule has 2 amide bonds. The van der Waals surface area contributed by atoms with Crippen molar-refractivity contribution in [1.82, 2.24) is 0 Å². The van der Waals surface area contributed by atoms with Crippen LogP contribution in [0.3, 0.4) is 0 Å². The van der Waals surface area contributed by atoms with Gasteiger partial charge in [0, 0.05) is 16.9 Å². The van der Waals surface area contributed by atoms with Gasteiger partial charge in [-0.3, -0.25) is 9.59 Å². The Morgan fingerprint density at radius 2 is 1.55 bits per heavy atom. The van der Waals surface area contributed by atoms with Gasteiger partial charge in [0.1, 0.15) is 23.2 Å². The van der Waals surface area contributed by atoms with Crippen molar-refractivity contribution in [3.05, 3.63) is 95.8 Å². The van der Waals surface area contributed by atoms with E-state index in [0.29, 0.717) is 22.7 Å². The van der Waals surface area contributed by atoms with Crippen LogP contribution in [0, 0.1) is 17.1 Å². The van der Waals surface area contributed by atoms with Crippen molar-refractivity contribution in [2.24, 2.45) is 0 Å². The van der Waals surface area contributed by atoms with Gasteiger partial charge in [0.25, 0.3) is 11.8 Å². The first-order valence-electron chi connectivity index (χ1n) is 9.30. The summed E-state index contributed by atoms with van der Waals surface area (Å²) in [6.45, 7) is -0.305. The highest BCUT2D eigenvalue weighted by molar-refractivity contribution is 6.09. The summed E-state index contributed by atoms with van der Waals surface area (Å²) in [7, 11) is 0. The van der Waals surface area contributed by atoms with Crippen molar-refractivity contribution in [1.29, 1.82) is 5.26 Å². The number of halogens is 1. The van der Waals surface area contributed by atoms with Crippen molar-refractivity contribution in [2.75, 3.05) is 17.2 Å². The number of rotatable bonds is 7. The zero-order chi connectivity index (χ0) is 22.1. The summed E-state index contributed by atoms with van der Waals surface area (Å²) in [6, 6.07) is 22.7. The van der Waals surface area contributed by atoms with Crippen LogP contribution in [0.2, 0.25) is 0 Å². The van der Waals surface area contributed by atoms with Gasteiger partial charge in [-0.25, -0.2) is 4.39 Å². The molecule has 0 aliphatic carbocycles. The predicted molar refractivity (Wildman–Crippen MR) is 116 cm³/mol. The number of hydrogen-bond donors (Lipinski definition) is 2. The number of nitrogens with one attached hydrogen (secondary N) is 2. The molecule has 0 atom stereocenters. The second-order valence-electron chi connectivity index (χ2n) is 6.37. The molecule has 3 rings (SSSR count). The molecule has 31 heavy (non-hydrogen) atoms. The molecule has 0 bridgehead atoms. The van der Waals surface area contributed by atoms with Crippen LogP contribution in [0.25, 0.3) is 6.08 Å². The number of benzene rings is 3. The topological polar surface area (TPSA) is 91.2 Å². The lowest BCUT2D eigenvalue weighted by Gasteiger charge is -2.10. The van der Waals surface area contributed by atoms with E-state index in [1.54, 1.807) is 48.5 Å². The lowest BCUT2D eigenvalue weighted by Crippen LogP contribution is -2.20. The highest BCUT2D eigenvalue weighted by Gasteiger charge is 2.12. The van der Waals surface area contributed by atoms with Crippen LogP contribution < -0.4 is 15.4 Å².